The molecule has 6 heteroatoms. The first-order valence-electron chi connectivity index (χ1n) is 7.18. The molecule has 4 nitrogen and oxygen atoms in total. The second kappa shape index (κ2) is 15.0. The molecule has 0 aliphatic carbocycles. The maximum atomic E-state index is 10.2. The van der Waals surface area contributed by atoms with E-state index in [1.807, 2.05) is 0 Å². The van der Waals surface area contributed by atoms with Gasteiger partial charge in [-0.3, -0.25) is 4.55 Å². The third-order valence-corrected chi connectivity index (χ3v) is 3.44. The molecule has 0 rings (SSSR count). The van der Waals surface area contributed by atoms with Gasteiger partial charge < -0.3 is 2.85 Å². The molecule has 0 spiro atoms. The molecule has 19 heavy (non-hydrogen) atoms. The van der Waals surface area contributed by atoms with Gasteiger partial charge in [0.05, 0.1) is 6.61 Å². The van der Waals surface area contributed by atoms with Crippen molar-refractivity contribution in [1.82, 2.24) is 0 Å². The van der Waals surface area contributed by atoms with Crippen LogP contribution in [0.25, 0.3) is 0 Å². The van der Waals surface area contributed by atoms with Gasteiger partial charge in [0.15, 0.2) is 0 Å². The SMILES string of the molecule is CCCCCCCCCCCCCOS(=O)(=O)O.[H-].[H-].[Mg+2]. The Morgan fingerprint density at radius 1 is 0.842 bits per heavy atom. The molecule has 0 aliphatic heterocycles. The van der Waals surface area contributed by atoms with E-state index in [9.17, 15) is 8.42 Å². The number of hydrogen-bond acceptors (Lipinski definition) is 3. The van der Waals surface area contributed by atoms with E-state index in [0.29, 0.717) is 6.42 Å². The summed E-state index contributed by atoms with van der Waals surface area (Å²) in [6, 6.07) is 0. The predicted octanol–water partition coefficient (Wildman–Crippen LogP) is 3.96. The molecule has 0 saturated heterocycles. The molecule has 0 heterocycles. The summed E-state index contributed by atoms with van der Waals surface area (Å²) in [6.07, 6.45) is 13.3. The quantitative estimate of drug-likeness (QED) is 0.318. The molecular weight excluding hydrogens is 277 g/mol. The molecule has 0 aromatic carbocycles. The van der Waals surface area contributed by atoms with Crippen LogP contribution in [0.5, 0.6) is 0 Å². The van der Waals surface area contributed by atoms with E-state index in [-0.39, 0.29) is 32.5 Å². The van der Waals surface area contributed by atoms with E-state index in [4.69, 9.17) is 4.55 Å². The van der Waals surface area contributed by atoms with Gasteiger partial charge in [0.1, 0.15) is 0 Å². The summed E-state index contributed by atoms with van der Waals surface area (Å²) >= 11 is 0. The zero-order valence-electron chi connectivity index (χ0n) is 14.3. The topological polar surface area (TPSA) is 63.6 Å². The van der Waals surface area contributed by atoms with Gasteiger partial charge in [-0.2, -0.15) is 8.42 Å². The molecule has 0 aromatic heterocycles. The minimum absolute atomic E-state index is 0. The molecule has 0 aromatic rings. The summed E-state index contributed by atoms with van der Waals surface area (Å²) in [5.74, 6) is 0. The minimum Gasteiger partial charge on any atom is -1.00 e. The molecule has 0 amide bonds. The van der Waals surface area contributed by atoms with E-state index in [0.717, 1.165) is 12.8 Å². The van der Waals surface area contributed by atoms with Crippen molar-refractivity contribution in [1.29, 1.82) is 0 Å². The second-order valence-electron chi connectivity index (χ2n) is 4.79. The Morgan fingerprint density at radius 3 is 1.58 bits per heavy atom. The van der Waals surface area contributed by atoms with Gasteiger partial charge in [0, 0.05) is 0 Å². The van der Waals surface area contributed by atoms with Crippen LogP contribution in [0.1, 0.15) is 80.4 Å². The van der Waals surface area contributed by atoms with Gasteiger partial charge in [-0.15, -0.1) is 0 Å². The van der Waals surface area contributed by atoms with Crippen LogP contribution in [0.15, 0.2) is 0 Å². The number of hydrogen-bond donors (Lipinski definition) is 1. The molecule has 0 saturated carbocycles. The molecule has 0 bridgehead atoms. The first-order valence-corrected chi connectivity index (χ1v) is 8.54. The predicted molar refractivity (Wildman–Crippen MR) is 81.9 cm³/mol. The standard InChI is InChI=1S/C13H28O4S.Mg.2H/c1-2-3-4-5-6-7-8-9-10-11-12-13-17-18(14,15)16;;;/h2-13H2,1H3,(H,14,15,16);;;/q;+2;2*-1. The van der Waals surface area contributed by atoms with Crippen LogP contribution in [0.4, 0.5) is 0 Å². The van der Waals surface area contributed by atoms with Gasteiger partial charge in [0.25, 0.3) is 0 Å². The molecule has 1 N–H and O–H groups in total. The van der Waals surface area contributed by atoms with Crippen LogP contribution in [0.3, 0.4) is 0 Å². The van der Waals surface area contributed by atoms with Crippen LogP contribution in [0, 0.1) is 0 Å². The van der Waals surface area contributed by atoms with Crippen LogP contribution >= 0.6 is 0 Å². The average molecular weight is 307 g/mol. The van der Waals surface area contributed by atoms with E-state index in [1.165, 1.54) is 51.4 Å². The Hall–Kier alpha value is 0.636. The van der Waals surface area contributed by atoms with Crippen molar-refractivity contribution in [3.05, 3.63) is 0 Å². The first kappa shape index (κ1) is 21.9. The van der Waals surface area contributed by atoms with Crippen molar-refractivity contribution >= 4 is 33.5 Å². The smallest absolute Gasteiger partial charge is 1.00 e. The van der Waals surface area contributed by atoms with Gasteiger partial charge in [-0.25, -0.2) is 4.18 Å². The fourth-order valence-electron chi connectivity index (χ4n) is 1.93. The Bertz CT molecular complexity index is 277. The molecule has 0 unspecified atom stereocenters. The maximum Gasteiger partial charge on any atom is 2.00 e. The first-order chi connectivity index (χ1) is 8.56. The largest absolute Gasteiger partial charge is 2.00 e. The summed E-state index contributed by atoms with van der Waals surface area (Å²) in [5, 5.41) is 0. The molecule has 0 fully saturated rings. The van der Waals surface area contributed by atoms with Gasteiger partial charge in [-0.1, -0.05) is 71.1 Å². The fraction of sp³-hybridized carbons (Fsp3) is 1.00. The zero-order chi connectivity index (χ0) is 13.7. The molecular formula is C13H30MgO4S. The normalized spacial score (nSPS) is 11.3. The third kappa shape index (κ3) is 21.1. The molecule has 114 valence electrons. The van der Waals surface area contributed by atoms with Gasteiger partial charge in [0.2, 0.25) is 0 Å². The van der Waals surface area contributed by atoms with Crippen molar-refractivity contribution in [2.75, 3.05) is 6.61 Å². The summed E-state index contributed by atoms with van der Waals surface area (Å²) in [5.41, 5.74) is 0. The van der Waals surface area contributed by atoms with Crippen LogP contribution in [0.2, 0.25) is 0 Å². The van der Waals surface area contributed by atoms with Crippen LogP contribution < -0.4 is 0 Å². The Morgan fingerprint density at radius 2 is 1.21 bits per heavy atom. The second-order valence-corrected chi connectivity index (χ2v) is 5.88. The summed E-state index contributed by atoms with van der Waals surface area (Å²) < 4.78 is 33.1. The fourth-order valence-corrected chi connectivity index (χ4v) is 2.26. The zero-order valence-corrected chi connectivity index (χ0v) is 14.5. The molecule has 0 atom stereocenters. The molecule has 0 radical (unpaired) electrons. The number of unbranched alkanes of at least 4 members (excludes halogenated alkanes) is 10. The van der Waals surface area contributed by atoms with E-state index in [1.54, 1.807) is 0 Å². The average Bonchev–Trinajstić information content (AvgIpc) is 2.29. The Labute approximate surface area is 137 Å². The summed E-state index contributed by atoms with van der Waals surface area (Å²) in [4.78, 5) is 0. The van der Waals surface area contributed by atoms with E-state index in [2.05, 4.69) is 11.1 Å². The van der Waals surface area contributed by atoms with E-state index < -0.39 is 10.4 Å². The van der Waals surface area contributed by atoms with Crippen molar-refractivity contribution in [3.8, 4) is 0 Å². The molecule has 0 aliphatic rings. The number of rotatable bonds is 13. The van der Waals surface area contributed by atoms with Crippen molar-refractivity contribution in [2.24, 2.45) is 0 Å². The Kier molecular flexibility index (Phi) is 17.3. The third-order valence-electron chi connectivity index (χ3n) is 2.98. The van der Waals surface area contributed by atoms with Gasteiger partial charge in [-0.05, 0) is 6.42 Å². The van der Waals surface area contributed by atoms with Crippen molar-refractivity contribution in [2.45, 2.75) is 77.6 Å². The minimum atomic E-state index is -4.24. The van der Waals surface area contributed by atoms with Gasteiger partial charge >= 0.3 is 33.5 Å². The van der Waals surface area contributed by atoms with Crippen molar-refractivity contribution in [3.63, 3.8) is 0 Å². The van der Waals surface area contributed by atoms with E-state index >= 15 is 0 Å². The summed E-state index contributed by atoms with van der Waals surface area (Å²) in [7, 11) is -4.24. The maximum absolute atomic E-state index is 10.2. The monoisotopic (exact) mass is 306 g/mol. The Balaban J connectivity index is -0.000000482. The van der Waals surface area contributed by atoms with Crippen LogP contribution in [-0.2, 0) is 14.6 Å². The summed E-state index contributed by atoms with van der Waals surface area (Å²) in [6.45, 7) is 2.32. The van der Waals surface area contributed by atoms with Crippen LogP contribution in [-0.4, -0.2) is 42.6 Å². The van der Waals surface area contributed by atoms with Crippen molar-refractivity contribution < 1.29 is 20.0 Å².